The molecule has 0 aliphatic rings. The van der Waals surface area contributed by atoms with Crippen molar-refractivity contribution in [1.82, 2.24) is 0 Å². The summed E-state index contributed by atoms with van der Waals surface area (Å²) >= 11 is 5.93. The maximum absolute atomic E-state index is 11.3. The molecule has 0 radical (unpaired) electrons. The summed E-state index contributed by atoms with van der Waals surface area (Å²) in [4.78, 5) is 21.7. The number of carbonyl (C=O) groups excluding carboxylic acids is 1. The molecule has 5 nitrogen and oxygen atoms in total. The first-order chi connectivity index (χ1) is 9.49. The Morgan fingerprint density at radius 2 is 1.95 bits per heavy atom. The fraction of sp³-hybridized carbons (Fsp3) is 0.0714. The Morgan fingerprint density at radius 1 is 1.25 bits per heavy atom. The Bertz CT molecular complexity index is 685. The molecule has 0 atom stereocenters. The quantitative estimate of drug-likeness (QED) is 0.480. The average Bonchev–Trinajstić information content (AvgIpc) is 2.41. The van der Waals surface area contributed by atoms with Gasteiger partial charge in [0.05, 0.1) is 9.95 Å². The molecule has 0 aliphatic carbocycles. The van der Waals surface area contributed by atoms with Gasteiger partial charge in [-0.2, -0.15) is 0 Å². The van der Waals surface area contributed by atoms with E-state index in [1.165, 1.54) is 31.2 Å². The largest absolute Gasteiger partial charge is 0.449 e. The van der Waals surface area contributed by atoms with E-state index < -0.39 is 4.92 Å². The SMILES string of the molecule is CC(=O)c1cccc(Oc2c(Cl)cccc2[N+](=O)[O-])c1. The molecule has 20 heavy (non-hydrogen) atoms. The molecule has 0 unspecified atom stereocenters. The van der Waals surface area contributed by atoms with Crippen molar-refractivity contribution in [2.24, 2.45) is 0 Å². The molecule has 0 saturated carbocycles. The van der Waals surface area contributed by atoms with Gasteiger partial charge in [-0.25, -0.2) is 0 Å². The van der Waals surface area contributed by atoms with E-state index in [4.69, 9.17) is 16.3 Å². The number of halogens is 1. The molecule has 2 aromatic carbocycles. The number of nitro groups is 1. The number of hydrogen-bond acceptors (Lipinski definition) is 4. The predicted molar refractivity (Wildman–Crippen MR) is 74.6 cm³/mol. The van der Waals surface area contributed by atoms with Crippen LogP contribution in [0.1, 0.15) is 17.3 Å². The number of carbonyl (C=O) groups is 1. The number of para-hydroxylation sites is 1. The van der Waals surface area contributed by atoms with Gasteiger partial charge in [0, 0.05) is 11.6 Å². The third-order valence-corrected chi connectivity index (χ3v) is 2.90. The molecular formula is C14H10ClNO4. The number of ketones is 1. The minimum absolute atomic E-state index is 0.0418. The molecule has 0 heterocycles. The van der Waals surface area contributed by atoms with Crippen LogP contribution in [-0.2, 0) is 0 Å². The van der Waals surface area contributed by atoms with Gasteiger partial charge in [-0.1, -0.05) is 29.8 Å². The molecule has 0 spiro atoms. The number of benzene rings is 2. The predicted octanol–water partition coefficient (Wildman–Crippen LogP) is 4.24. The first-order valence-electron chi connectivity index (χ1n) is 5.71. The van der Waals surface area contributed by atoms with Gasteiger partial charge < -0.3 is 4.74 Å². The molecule has 0 fully saturated rings. The minimum atomic E-state index is -0.573. The Kier molecular flexibility index (Phi) is 4.00. The van der Waals surface area contributed by atoms with Crippen LogP contribution >= 0.6 is 11.6 Å². The van der Waals surface area contributed by atoms with Gasteiger partial charge >= 0.3 is 5.69 Å². The number of Topliss-reactive ketones (excluding diaryl/α,β-unsaturated/α-hetero) is 1. The van der Waals surface area contributed by atoms with Crippen LogP contribution in [0.15, 0.2) is 42.5 Å². The molecule has 0 N–H and O–H groups in total. The van der Waals surface area contributed by atoms with Crippen molar-refractivity contribution in [3.05, 3.63) is 63.2 Å². The Labute approximate surface area is 119 Å². The fourth-order valence-corrected chi connectivity index (χ4v) is 1.85. The second-order valence-electron chi connectivity index (χ2n) is 4.03. The lowest BCUT2D eigenvalue weighted by molar-refractivity contribution is -0.385. The molecule has 2 rings (SSSR count). The number of ether oxygens (including phenoxy) is 1. The second kappa shape index (κ2) is 5.71. The van der Waals surface area contributed by atoms with E-state index >= 15 is 0 Å². The molecule has 0 amide bonds. The first-order valence-corrected chi connectivity index (χ1v) is 6.08. The van der Waals surface area contributed by atoms with E-state index in [-0.39, 0.29) is 22.2 Å². The Morgan fingerprint density at radius 3 is 2.60 bits per heavy atom. The van der Waals surface area contributed by atoms with Crippen molar-refractivity contribution in [3.63, 3.8) is 0 Å². The number of nitro benzene ring substituents is 1. The van der Waals surface area contributed by atoms with Gasteiger partial charge in [0.15, 0.2) is 5.78 Å². The molecule has 102 valence electrons. The molecule has 6 heteroatoms. The van der Waals surface area contributed by atoms with Crippen LogP contribution in [0.3, 0.4) is 0 Å². The van der Waals surface area contributed by atoms with Crippen LogP contribution in [0, 0.1) is 10.1 Å². The number of hydrogen-bond donors (Lipinski definition) is 0. The summed E-state index contributed by atoms with van der Waals surface area (Å²) in [5.74, 6) is 0.151. The fourth-order valence-electron chi connectivity index (χ4n) is 1.64. The van der Waals surface area contributed by atoms with Crippen LogP contribution in [0.2, 0.25) is 5.02 Å². The van der Waals surface area contributed by atoms with Crippen molar-refractivity contribution in [1.29, 1.82) is 0 Å². The highest BCUT2D eigenvalue weighted by atomic mass is 35.5. The van der Waals surface area contributed by atoms with Crippen LogP contribution in [0.25, 0.3) is 0 Å². The van der Waals surface area contributed by atoms with Crippen molar-refractivity contribution < 1.29 is 14.5 Å². The van der Waals surface area contributed by atoms with Gasteiger partial charge in [-0.3, -0.25) is 14.9 Å². The average molecular weight is 292 g/mol. The van der Waals surface area contributed by atoms with Crippen molar-refractivity contribution in [2.75, 3.05) is 0 Å². The third-order valence-electron chi connectivity index (χ3n) is 2.60. The third kappa shape index (κ3) is 2.95. The first kappa shape index (κ1) is 14.0. The molecule has 0 bridgehead atoms. The minimum Gasteiger partial charge on any atom is -0.449 e. The molecule has 0 aliphatic heterocycles. The van der Waals surface area contributed by atoms with E-state index in [9.17, 15) is 14.9 Å². The topological polar surface area (TPSA) is 69.4 Å². The van der Waals surface area contributed by atoms with Crippen molar-refractivity contribution >= 4 is 23.1 Å². The molecular weight excluding hydrogens is 282 g/mol. The summed E-state index contributed by atoms with van der Waals surface area (Å²) in [7, 11) is 0. The number of nitrogens with zero attached hydrogens (tertiary/aromatic N) is 1. The van der Waals surface area contributed by atoms with Gasteiger partial charge in [0.25, 0.3) is 0 Å². The lowest BCUT2D eigenvalue weighted by Crippen LogP contribution is -1.96. The van der Waals surface area contributed by atoms with Crippen molar-refractivity contribution in [2.45, 2.75) is 6.92 Å². The lowest BCUT2D eigenvalue weighted by Gasteiger charge is -2.08. The number of rotatable bonds is 4. The Hall–Kier alpha value is -2.40. The standard InChI is InChI=1S/C14H10ClNO4/c1-9(17)10-4-2-5-11(8-10)20-14-12(15)6-3-7-13(14)16(18)19/h2-8H,1H3. The summed E-state index contributed by atoms with van der Waals surface area (Å²) in [6.07, 6.45) is 0. The zero-order valence-electron chi connectivity index (χ0n) is 10.5. The van der Waals surface area contributed by atoms with E-state index in [0.29, 0.717) is 11.3 Å². The summed E-state index contributed by atoms with van der Waals surface area (Å²) in [5, 5.41) is 11.1. The van der Waals surface area contributed by atoms with Gasteiger partial charge in [-0.05, 0) is 25.1 Å². The van der Waals surface area contributed by atoms with E-state index in [1.54, 1.807) is 18.2 Å². The smallest absolute Gasteiger partial charge is 0.313 e. The van der Waals surface area contributed by atoms with Gasteiger partial charge in [-0.15, -0.1) is 0 Å². The monoisotopic (exact) mass is 291 g/mol. The van der Waals surface area contributed by atoms with Crippen LogP contribution in [0.4, 0.5) is 5.69 Å². The zero-order valence-corrected chi connectivity index (χ0v) is 11.3. The summed E-state index contributed by atoms with van der Waals surface area (Å²) in [5.41, 5.74) is 0.225. The summed E-state index contributed by atoms with van der Waals surface area (Å²) in [6, 6.07) is 10.6. The van der Waals surface area contributed by atoms with Crippen LogP contribution < -0.4 is 4.74 Å². The van der Waals surface area contributed by atoms with Gasteiger partial charge in [0.1, 0.15) is 5.75 Å². The van der Waals surface area contributed by atoms with Crippen molar-refractivity contribution in [3.8, 4) is 11.5 Å². The normalized spacial score (nSPS) is 10.1. The maximum Gasteiger partial charge on any atom is 0.313 e. The van der Waals surface area contributed by atoms with Crippen LogP contribution in [-0.4, -0.2) is 10.7 Å². The van der Waals surface area contributed by atoms with E-state index in [0.717, 1.165) is 0 Å². The summed E-state index contributed by atoms with van der Waals surface area (Å²) in [6.45, 7) is 1.43. The molecule has 2 aromatic rings. The van der Waals surface area contributed by atoms with E-state index in [2.05, 4.69) is 0 Å². The molecule has 0 saturated heterocycles. The highest BCUT2D eigenvalue weighted by molar-refractivity contribution is 6.32. The zero-order chi connectivity index (χ0) is 14.7. The Balaban J connectivity index is 2.42. The van der Waals surface area contributed by atoms with Crippen LogP contribution in [0.5, 0.6) is 11.5 Å². The summed E-state index contributed by atoms with van der Waals surface area (Å²) < 4.78 is 5.47. The lowest BCUT2D eigenvalue weighted by atomic mass is 10.1. The van der Waals surface area contributed by atoms with Gasteiger partial charge in [0.2, 0.25) is 5.75 Å². The maximum atomic E-state index is 11.3. The second-order valence-corrected chi connectivity index (χ2v) is 4.44. The highest BCUT2D eigenvalue weighted by Crippen LogP contribution is 2.37. The van der Waals surface area contributed by atoms with E-state index in [1.807, 2.05) is 0 Å². The highest BCUT2D eigenvalue weighted by Gasteiger charge is 2.19. The molecule has 0 aromatic heterocycles.